The Labute approximate surface area is 126 Å². The van der Waals surface area contributed by atoms with Crippen LogP contribution in [0.4, 0.5) is 5.13 Å². The van der Waals surface area contributed by atoms with Crippen molar-refractivity contribution in [3.63, 3.8) is 0 Å². The highest BCUT2D eigenvalue weighted by Crippen LogP contribution is 2.31. The zero-order chi connectivity index (χ0) is 14.7. The molecule has 6 heteroatoms. The van der Waals surface area contributed by atoms with Crippen LogP contribution in [-0.4, -0.2) is 29.7 Å². The van der Waals surface area contributed by atoms with Crippen LogP contribution in [0, 0.1) is 5.92 Å². The van der Waals surface area contributed by atoms with E-state index < -0.39 is 11.9 Å². The van der Waals surface area contributed by atoms with Crippen LogP contribution >= 0.6 is 22.9 Å². The van der Waals surface area contributed by atoms with Crippen LogP contribution in [0.3, 0.4) is 0 Å². The predicted octanol–water partition coefficient (Wildman–Crippen LogP) is 3.62. The highest BCUT2D eigenvalue weighted by Gasteiger charge is 2.16. The van der Waals surface area contributed by atoms with Crippen molar-refractivity contribution in [3.05, 3.63) is 34.7 Å². The number of halogens is 1. The van der Waals surface area contributed by atoms with Crippen LogP contribution in [0.5, 0.6) is 0 Å². The van der Waals surface area contributed by atoms with Crippen LogP contribution in [0.25, 0.3) is 11.3 Å². The van der Waals surface area contributed by atoms with Crippen molar-refractivity contribution < 1.29 is 9.90 Å². The molecule has 0 bridgehead atoms. The summed E-state index contributed by atoms with van der Waals surface area (Å²) in [5, 5.41) is 12.3. The summed E-state index contributed by atoms with van der Waals surface area (Å²) in [4.78, 5) is 17.2. The molecule has 20 heavy (non-hydrogen) atoms. The molecule has 0 aliphatic heterocycles. The van der Waals surface area contributed by atoms with Gasteiger partial charge < -0.3 is 10.0 Å². The summed E-state index contributed by atoms with van der Waals surface area (Å²) in [6.07, 6.45) is 0. The number of anilines is 1. The summed E-state index contributed by atoms with van der Waals surface area (Å²) in [6, 6.07) is 7.53. The number of hydrogen-bond donors (Lipinski definition) is 1. The number of aromatic nitrogens is 1. The van der Waals surface area contributed by atoms with Gasteiger partial charge in [0, 0.05) is 29.6 Å². The van der Waals surface area contributed by atoms with Crippen molar-refractivity contribution in [3.8, 4) is 11.3 Å². The van der Waals surface area contributed by atoms with Crippen LogP contribution in [0.15, 0.2) is 29.6 Å². The highest BCUT2D eigenvalue weighted by molar-refractivity contribution is 7.14. The molecule has 2 rings (SSSR count). The third kappa shape index (κ3) is 3.29. The normalized spacial score (nSPS) is 12.2. The second-order valence-corrected chi connectivity index (χ2v) is 5.86. The largest absolute Gasteiger partial charge is 0.481 e. The quantitative estimate of drug-likeness (QED) is 0.916. The lowest BCUT2D eigenvalue weighted by Crippen LogP contribution is -2.28. The van der Waals surface area contributed by atoms with E-state index in [-0.39, 0.29) is 0 Å². The zero-order valence-electron chi connectivity index (χ0n) is 11.2. The minimum Gasteiger partial charge on any atom is -0.481 e. The summed E-state index contributed by atoms with van der Waals surface area (Å²) in [6.45, 7) is 2.10. The lowest BCUT2D eigenvalue weighted by atomic mass is 10.2. The fourth-order valence-electron chi connectivity index (χ4n) is 1.80. The standard InChI is InChI=1S/C14H15ClN2O2S/c1-9(13(18)19)7-17(2)14-16-12(8-20-14)10-5-3-4-6-11(10)15/h3-6,8-9H,7H2,1-2H3,(H,18,19). The van der Waals surface area contributed by atoms with Gasteiger partial charge in [0.15, 0.2) is 5.13 Å². The predicted molar refractivity (Wildman–Crippen MR) is 82.6 cm³/mol. The molecular weight excluding hydrogens is 296 g/mol. The fourth-order valence-corrected chi connectivity index (χ4v) is 2.83. The van der Waals surface area contributed by atoms with Crippen molar-refractivity contribution in [2.45, 2.75) is 6.92 Å². The van der Waals surface area contributed by atoms with Gasteiger partial charge in [-0.25, -0.2) is 4.98 Å². The van der Waals surface area contributed by atoms with Gasteiger partial charge in [0.25, 0.3) is 0 Å². The lowest BCUT2D eigenvalue weighted by molar-refractivity contribution is -0.140. The van der Waals surface area contributed by atoms with Gasteiger partial charge in [-0.2, -0.15) is 0 Å². The van der Waals surface area contributed by atoms with Gasteiger partial charge in [0.1, 0.15) is 0 Å². The van der Waals surface area contributed by atoms with E-state index in [9.17, 15) is 4.79 Å². The third-order valence-corrected chi connectivity index (χ3v) is 4.22. The van der Waals surface area contributed by atoms with Gasteiger partial charge in [0.05, 0.1) is 11.6 Å². The smallest absolute Gasteiger partial charge is 0.308 e. The van der Waals surface area contributed by atoms with E-state index in [2.05, 4.69) is 4.98 Å². The van der Waals surface area contributed by atoms with Crippen molar-refractivity contribution >= 4 is 34.0 Å². The van der Waals surface area contributed by atoms with E-state index in [1.807, 2.05) is 41.6 Å². The maximum Gasteiger partial charge on any atom is 0.308 e. The first-order chi connectivity index (χ1) is 9.49. The molecule has 1 N–H and O–H groups in total. The van der Waals surface area contributed by atoms with E-state index in [0.29, 0.717) is 11.6 Å². The Kier molecular flexibility index (Phi) is 4.62. The molecule has 0 aliphatic carbocycles. The van der Waals surface area contributed by atoms with Gasteiger partial charge in [-0.15, -0.1) is 11.3 Å². The molecule has 0 saturated carbocycles. The Balaban J connectivity index is 2.17. The number of nitrogens with zero attached hydrogens (tertiary/aromatic N) is 2. The van der Waals surface area contributed by atoms with Crippen LogP contribution in [-0.2, 0) is 4.79 Å². The Hall–Kier alpha value is -1.59. The van der Waals surface area contributed by atoms with Crippen molar-refractivity contribution in [2.24, 2.45) is 5.92 Å². The second kappa shape index (κ2) is 6.24. The van der Waals surface area contributed by atoms with Crippen molar-refractivity contribution in [2.75, 3.05) is 18.5 Å². The summed E-state index contributed by atoms with van der Waals surface area (Å²) in [5.74, 6) is -1.24. The van der Waals surface area contributed by atoms with Gasteiger partial charge in [0.2, 0.25) is 0 Å². The number of carboxylic acid groups (broad SMARTS) is 1. The minimum atomic E-state index is -0.806. The molecule has 1 heterocycles. The molecule has 4 nitrogen and oxygen atoms in total. The SMILES string of the molecule is CC(CN(C)c1nc(-c2ccccc2Cl)cs1)C(=O)O. The summed E-state index contributed by atoms with van der Waals surface area (Å²) >= 11 is 7.62. The van der Waals surface area contributed by atoms with Gasteiger partial charge in [-0.3, -0.25) is 4.79 Å². The third-order valence-electron chi connectivity index (χ3n) is 2.94. The maximum atomic E-state index is 10.9. The van der Waals surface area contributed by atoms with Gasteiger partial charge in [-0.05, 0) is 6.07 Å². The molecule has 1 aromatic heterocycles. The highest BCUT2D eigenvalue weighted by atomic mass is 35.5. The molecule has 0 fully saturated rings. The Morgan fingerprint density at radius 1 is 1.50 bits per heavy atom. The van der Waals surface area contributed by atoms with E-state index in [0.717, 1.165) is 16.4 Å². The molecule has 0 saturated heterocycles. The molecule has 0 aliphatic rings. The topological polar surface area (TPSA) is 53.4 Å². The molecule has 0 spiro atoms. The average molecular weight is 311 g/mol. The average Bonchev–Trinajstić information content (AvgIpc) is 2.88. The first kappa shape index (κ1) is 14.8. The van der Waals surface area contributed by atoms with Crippen molar-refractivity contribution in [1.29, 1.82) is 0 Å². The molecule has 0 radical (unpaired) electrons. The van der Waals surface area contributed by atoms with Crippen LogP contribution in [0.1, 0.15) is 6.92 Å². The number of rotatable bonds is 5. The summed E-state index contributed by atoms with van der Waals surface area (Å²) in [7, 11) is 1.84. The van der Waals surface area contributed by atoms with Gasteiger partial charge >= 0.3 is 5.97 Å². The fraction of sp³-hybridized carbons (Fsp3) is 0.286. The molecule has 106 valence electrons. The molecule has 0 amide bonds. The monoisotopic (exact) mass is 310 g/mol. The number of aliphatic carboxylic acids is 1. The van der Waals surface area contributed by atoms with Crippen LogP contribution in [0.2, 0.25) is 5.02 Å². The number of hydrogen-bond acceptors (Lipinski definition) is 4. The zero-order valence-corrected chi connectivity index (χ0v) is 12.8. The van der Waals surface area contributed by atoms with E-state index in [4.69, 9.17) is 16.7 Å². The Bertz CT molecular complexity index is 615. The van der Waals surface area contributed by atoms with E-state index in [1.165, 1.54) is 11.3 Å². The van der Waals surface area contributed by atoms with Crippen LogP contribution < -0.4 is 4.90 Å². The number of carboxylic acids is 1. The molecule has 1 atom stereocenters. The second-order valence-electron chi connectivity index (χ2n) is 4.61. The van der Waals surface area contributed by atoms with Crippen molar-refractivity contribution in [1.82, 2.24) is 4.98 Å². The summed E-state index contributed by atoms with van der Waals surface area (Å²) < 4.78 is 0. The molecule has 1 unspecified atom stereocenters. The minimum absolute atomic E-state index is 0.421. The van der Waals surface area contributed by atoms with Gasteiger partial charge in [-0.1, -0.05) is 36.7 Å². The summed E-state index contributed by atoms with van der Waals surface area (Å²) in [5.41, 5.74) is 1.70. The van der Waals surface area contributed by atoms with E-state index >= 15 is 0 Å². The number of carbonyl (C=O) groups is 1. The van der Waals surface area contributed by atoms with E-state index in [1.54, 1.807) is 6.92 Å². The Morgan fingerprint density at radius 2 is 2.20 bits per heavy atom. The lowest BCUT2D eigenvalue weighted by Gasteiger charge is -2.18. The number of benzene rings is 1. The number of thiazole rings is 1. The molecule has 1 aromatic carbocycles. The first-order valence-corrected chi connectivity index (χ1v) is 7.39. The molecule has 2 aromatic rings. The first-order valence-electron chi connectivity index (χ1n) is 6.13. The maximum absolute atomic E-state index is 10.9. The molecular formula is C14H15ClN2O2S. The Morgan fingerprint density at radius 3 is 2.85 bits per heavy atom.